The predicted molar refractivity (Wildman–Crippen MR) is 60.8 cm³/mol. The normalized spacial score (nSPS) is 27.8. The van der Waals surface area contributed by atoms with E-state index in [0.29, 0.717) is 18.9 Å². The van der Waals surface area contributed by atoms with E-state index in [1.165, 1.54) is 0 Å². The summed E-state index contributed by atoms with van der Waals surface area (Å²) in [6, 6.07) is 0.442. The second-order valence-electron chi connectivity index (χ2n) is 4.77. The van der Waals surface area contributed by atoms with Crippen molar-refractivity contribution in [1.82, 2.24) is 9.80 Å². The fourth-order valence-electron chi connectivity index (χ4n) is 2.64. The molecule has 2 aliphatic heterocycles. The van der Waals surface area contributed by atoms with Gasteiger partial charge in [0, 0.05) is 31.4 Å². The van der Waals surface area contributed by atoms with Crippen molar-refractivity contribution in [3.8, 4) is 0 Å². The van der Waals surface area contributed by atoms with E-state index in [1.54, 1.807) is 0 Å². The van der Waals surface area contributed by atoms with Gasteiger partial charge in [0.25, 0.3) is 0 Å². The van der Waals surface area contributed by atoms with Crippen molar-refractivity contribution >= 4 is 0 Å². The van der Waals surface area contributed by atoms with Crippen molar-refractivity contribution < 1.29 is 8.78 Å². The Kier molecular flexibility index (Phi) is 3.79. The van der Waals surface area contributed by atoms with Gasteiger partial charge in [0.2, 0.25) is 0 Å². The summed E-state index contributed by atoms with van der Waals surface area (Å²) in [5, 5.41) is 0. The average Bonchev–Trinajstić information content (AvgIpc) is 2.68. The lowest BCUT2D eigenvalue weighted by atomic mass is 10.1. The van der Waals surface area contributed by atoms with E-state index in [-0.39, 0.29) is 0 Å². The summed E-state index contributed by atoms with van der Waals surface area (Å²) in [7, 11) is 2.10. The summed E-state index contributed by atoms with van der Waals surface area (Å²) in [5.74, 6) is 0. The lowest BCUT2D eigenvalue weighted by Gasteiger charge is -2.39. The molecule has 2 rings (SSSR count). The lowest BCUT2D eigenvalue weighted by Crippen LogP contribution is -2.49. The van der Waals surface area contributed by atoms with Crippen LogP contribution in [0.5, 0.6) is 0 Å². The van der Waals surface area contributed by atoms with Crippen LogP contribution in [0.25, 0.3) is 0 Å². The molecule has 2 nitrogen and oxygen atoms in total. The molecule has 0 aromatic rings. The molecule has 0 saturated carbocycles. The second-order valence-corrected chi connectivity index (χ2v) is 4.77. The number of rotatable bonds is 4. The van der Waals surface area contributed by atoms with Crippen LogP contribution in [0.4, 0.5) is 8.78 Å². The van der Waals surface area contributed by atoms with Gasteiger partial charge in [-0.3, -0.25) is 4.39 Å². The van der Waals surface area contributed by atoms with E-state index >= 15 is 0 Å². The predicted octanol–water partition coefficient (Wildman–Crippen LogP) is 1.98. The molecule has 0 spiro atoms. The largest absolute Gasteiger partial charge is 0.367 e. The first-order valence-corrected chi connectivity index (χ1v) is 6.07. The highest BCUT2D eigenvalue weighted by Gasteiger charge is 2.33. The Balaban J connectivity index is 1.92. The molecule has 1 saturated heterocycles. The Labute approximate surface area is 95.9 Å². The first kappa shape index (κ1) is 11.8. The molecule has 0 aromatic carbocycles. The number of alkyl halides is 2. The van der Waals surface area contributed by atoms with Gasteiger partial charge >= 0.3 is 0 Å². The number of hydrogen-bond acceptors (Lipinski definition) is 2. The van der Waals surface area contributed by atoms with E-state index < -0.39 is 12.8 Å². The molecule has 0 bridgehead atoms. The maximum Gasteiger partial charge on any atom is 0.139 e. The third-order valence-corrected chi connectivity index (χ3v) is 3.53. The molecule has 0 N–H and O–H groups in total. The summed E-state index contributed by atoms with van der Waals surface area (Å²) in [5.41, 5.74) is 0.812. The van der Waals surface area contributed by atoms with Gasteiger partial charge in [0.1, 0.15) is 6.17 Å². The zero-order valence-electron chi connectivity index (χ0n) is 9.83. The fourth-order valence-corrected chi connectivity index (χ4v) is 2.64. The summed E-state index contributed by atoms with van der Waals surface area (Å²) in [6.07, 6.45) is 2.63. The standard InChI is InChI=1S/C12H20F2N2/c1-15-7-8-16-10(9-15)4-5-12(16)11(14)3-2-6-13/h5,10-11H,2-4,6-9H2,1H3. The Morgan fingerprint density at radius 2 is 2.31 bits per heavy atom. The van der Waals surface area contributed by atoms with Crippen molar-refractivity contribution in [1.29, 1.82) is 0 Å². The average molecular weight is 230 g/mol. The molecule has 2 aliphatic rings. The Morgan fingerprint density at radius 1 is 1.50 bits per heavy atom. The number of hydrogen-bond donors (Lipinski definition) is 0. The van der Waals surface area contributed by atoms with Crippen molar-refractivity contribution in [3.05, 3.63) is 11.8 Å². The van der Waals surface area contributed by atoms with Gasteiger partial charge in [-0.05, 0) is 26.3 Å². The minimum absolute atomic E-state index is 0.321. The summed E-state index contributed by atoms with van der Waals surface area (Å²) < 4.78 is 25.9. The van der Waals surface area contributed by atoms with Gasteiger partial charge in [0.15, 0.2) is 0 Å². The van der Waals surface area contributed by atoms with Crippen molar-refractivity contribution in [2.24, 2.45) is 0 Å². The van der Waals surface area contributed by atoms with E-state index in [0.717, 1.165) is 31.8 Å². The van der Waals surface area contributed by atoms with Crippen LogP contribution >= 0.6 is 0 Å². The summed E-state index contributed by atoms with van der Waals surface area (Å²) in [6.45, 7) is 2.49. The highest BCUT2D eigenvalue weighted by Crippen LogP contribution is 2.30. The molecule has 0 radical (unpaired) electrons. The molecule has 0 aromatic heterocycles. The van der Waals surface area contributed by atoms with Crippen molar-refractivity contribution in [2.75, 3.05) is 33.4 Å². The summed E-state index contributed by atoms with van der Waals surface area (Å²) >= 11 is 0. The van der Waals surface area contributed by atoms with Crippen LogP contribution in [-0.4, -0.2) is 55.4 Å². The number of fused-ring (bicyclic) bond motifs is 1. The molecule has 2 unspecified atom stereocenters. The monoisotopic (exact) mass is 230 g/mol. The van der Waals surface area contributed by atoms with Crippen molar-refractivity contribution in [3.63, 3.8) is 0 Å². The molecule has 4 heteroatoms. The number of halogens is 2. The number of piperazine rings is 1. The van der Waals surface area contributed by atoms with Gasteiger partial charge in [-0.2, -0.15) is 0 Å². The molecule has 2 heterocycles. The molecule has 2 atom stereocenters. The molecule has 0 aliphatic carbocycles. The second kappa shape index (κ2) is 5.13. The Hall–Kier alpha value is -0.640. The van der Waals surface area contributed by atoms with Gasteiger partial charge in [-0.1, -0.05) is 6.08 Å². The highest BCUT2D eigenvalue weighted by atomic mass is 19.1. The zero-order chi connectivity index (χ0) is 11.5. The van der Waals surface area contributed by atoms with Gasteiger partial charge in [0.05, 0.1) is 6.67 Å². The van der Waals surface area contributed by atoms with Crippen LogP contribution in [0.15, 0.2) is 11.8 Å². The lowest BCUT2D eigenvalue weighted by molar-refractivity contribution is 0.117. The van der Waals surface area contributed by atoms with Crippen molar-refractivity contribution in [2.45, 2.75) is 31.5 Å². The minimum atomic E-state index is -0.968. The third kappa shape index (κ3) is 2.37. The Bertz CT molecular complexity index is 268. The molecule has 1 fully saturated rings. The van der Waals surface area contributed by atoms with Crippen LogP contribution in [0, 0.1) is 0 Å². The van der Waals surface area contributed by atoms with Gasteiger partial charge < -0.3 is 9.80 Å². The SMILES string of the molecule is CN1CCN2C(C(F)CCCF)=CCC2C1. The van der Waals surface area contributed by atoms with E-state index in [1.807, 2.05) is 6.08 Å². The van der Waals surface area contributed by atoms with Crippen LogP contribution < -0.4 is 0 Å². The highest BCUT2D eigenvalue weighted by molar-refractivity contribution is 5.17. The van der Waals surface area contributed by atoms with Crippen LogP contribution in [-0.2, 0) is 0 Å². The number of allylic oxidation sites excluding steroid dienone is 1. The molecular weight excluding hydrogens is 210 g/mol. The molecule has 92 valence electrons. The molecular formula is C12H20F2N2. The van der Waals surface area contributed by atoms with Crippen LogP contribution in [0.3, 0.4) is 0 Å². The molecule has 0 amide bonds. The van der Waals surface area contributed by atoms with Gasteiger partial charge in [-0.25, -0.2) is 4.39 Å². The smallest absolute Gasteiger partial charge is 0.139 e. The van der Waals surface area contributed by atoms with E-state index in [4.69, 9.17) is 0 Å². The summed E-state index contributed by atoms with van der Waals surface area (Å²) in [4.78, 5) is 4.47. The van der Waals surface area contributed by atoms with E-state index in [9.17, 15) is 8.78 Å². The quantitative estimate of drug-likeness (QED) is 0.728. The van der Waals surface area contributed by atoms with Gasteiger partial charge in [-0.15, -0.1) is 0 Å². The third-order valence-electron chi connectivity index (χ3n) is 3.53. The maximum atomic E-state index is 13.9. The fraction of sp³-hybridized carbons (Fsp3) is 0.833. The maximum absolute atomic E-state index is 13.9. The molecule has 16 heavy (non-hydrogen) atoms. The first-order valence-electron chi connectivity index (χ1n) is 6.07. The number of nitrogens with zero attached hydrogens (tertiary/aromatic N) is 2. The van der Waals surface area contributed by atoms with Crippen LogP contribution in [0.1, 0.15) is 19.3 Å². The Morgan fingerprint density at radius 3 is 3.06 bits per heavy atom. The van der Waals surface area contributed by atoms with Crippen LogP contribution in [0.2, 0.25) is 0 Å². The first-order chi connectivity index (χ1) is 7.72. The number of likely N-dealkylation sites (N-methyl/N-ethyl adjacent to an activating group) is 1. The zero-order valence-corrected chi connectivity index (χ0v) is 9.83. The van der Waals surface area contributed by atoms with E-state index in [2.05, 4.69) is 16.8 Å². The topological polar surface area (TPSA) is 6.48 Å². The minimum Gasteiger partial charge on any atom is -0.367 e.